The fourth-order valence-corrected chi connectivity index (χ4v) is 7.11. The number of aromatic nitrogens is 2. The largest absolute Gasteiger partial charge is 2.00 e. The van der Waals surface area contributed by atoms with Gasteiger partial charge in [-0.05, 0) is 78.6 Å². The molecule has 0 saturated heterocycles. The van der Waals surface area contributed by atoms with E-state index in [0.717, 1.165) is 45.9 Å². The third-order valence-electron chi connectivity index (χ3n) is 9.83. The second-order valence-corrected chi connectivity index (χ2v) is 13.4. The summed E-state index contributed by atoms with van der Waals surface area (Å²) in [6.07, 6.45) is 1.92. The summed E-state index contributed by atoms with van der Waals surface area (Å²) in [6.45, 7) is 12.0. The van der Waals surface area contributed by atoms with E-state index in [1.807, 2.05) is 6.20 Å². The summed E-state index contributed by atoms with van der Waals surface area (Å²) in [6, 6.07) is 49.3. The minimum absolute atomic E-state index is 0. The van der Waals surface area contributed by atoms with Crippen LogP contribution in [0.2, 0.25) is 0 Å². The van der Waals surface area contributed by atoms with Gasteiger partial charge in [-0.25, -0.2) is 4.98 Å². The van der Waals surface area contributed by atoms with Gasteiger partial charge in [0, 0.05) is 17.8 Å². The Balaban J connectivity index is 0.00000364. The van der Waals surface area contributed by atoms with Crippen LogP contribution in [0.25, 0.3) is 38.8 Å². The van der Waals surface area contributed by atoms with Crippen LogP contribution in [0.15, 0.2) is 121 Å². The number of hydrogen-bond acceptors (Lipinski definition) is 3. The summed E-state index contributed by atoms with van der Waals surface area (Å²) in [7, 11) is 0. The van der Waals surface area contributed by atoms with E-state index in [0.29, 0.717) is 6.04 Å². The van der Waals surface area contributed by atoms with Crippen LogP contribution in [-0.4, -0.2) is 22.3 Å². The van der Waals surface area contributed by atoms with Crippen molar-refractivity contribution in [1.29, 1.82) is 0 Å². The molecular formula is C43H38N4Pt. The molecule has 5 heteroatoms. The van der Waals surface area contributed by atoms with E-state index in [-0.39, 0.29) is 26.5 Å². The summed E-state index contributed by atoms with van der Waals surface area (Å²) < 4.78 is 2.27. The molecule has 2 aromatic heterocycles. The molecule has 0 unspecified atom stereocenters. The SMILES string of the molecule is Cc1ccccc1-c1ccnc(-n2c3[c-]c(C(C)(C)c4[c-]c(N5CN(C(C)C)c6ccccc65)ccc4)ccc3c3ccccc32)c1.[Pt+2]. The first-order chi connectivity index (χ1) is 22.8. The van der Waals surface area contributed by atoms with Gasteiger partial charge in [0.25, 0.3) is 0 Å². The van der Waals surface area contributed by atoms with Crippen molar-refractivity contribution in [3.63, 3.8) is 0 Å². The van der Waals surface area contributed by atoms with Gasteiger partial charge < -0.3 is 14.4 Å². The Bertz CT molecular complexity index is 2280. The van der Waals surface area contributed by atoms with Crippen LogP contribution in [0.4, 0.5) is 17.1 Å². The Hall–Kier alpha value is -4.66. The number of anilines is 3. The summed E-state index contributed by atoms with van der Waals surface area (Å²) in [5.41, 5.74) is 11.3. The van der Waals surface area contributed by atoms with Crippen molar-refractivity contribution in [2.45, 2.75) is 46.1 Å². The molecule has 0 saturated carbocycles. The Morgan fingerprint density at radius 3 is 2.27 bits per heavy atom. The average molecular weight is 806 g/mol. The zero-order valence-corrected chi connectivity index (χ0v) is 30.2. The molecule has 240 valence electrons. The second kappa shape index (κ2) is 12.4. The van der Waals surface area contributed by atoms with Gasteiger partial charge in [0.05, 0.1) is 18.0 Å². The third kappa shape index (κ3) is 5.24. The van der Waals surface area contributed by atoms with Crippen molar-refractivity contribution >= 4 is 38.9 Å². The van der Waals surface area contributed by atoms with Gasteiger partial charge in [0.1, 0.15) is 5.82 Å². The van der Waals surface area contributed by atoms with Crippen LogP contribution in [0.3, 0.4) is 0 Å². The number of pyridine rings is 1. The topological polar surface area (TPSA) is 24.3 Å². The monoisotopic (exact) mass is 805 g/mol. The molecule has 48 heavy (non-hydrogen) atoms. The quantitative estimate of drug-likeness (QED) is 0.157. The van der Waals surface area contributed by atoms with Gasteiger partial charge in [0.2, 0.25) is 0 Å². The van der Waals surface area contributed by atoms with Crippen molar-refractivity contribution in [1.82, 2.24) is 9.55 Å². The van der Waals surface area contributed by atoms with Crippen molar-refractivity contribution in [3.05, 3.63) is 150 Å². The van der Waals surface area contributed by atoms with Gasteiger partial charge in [-0.15, -0.1) is 11.5 Å². The van der Waals surface area contributed by atoms with Crippen molar-refractivity contribution in [2.24, 2.45) is 0 Å². The first kappa shape index (κ1) is 31.9. The molecule has 0 fully saturated rings. The summed E-state index contributed by atoms with van der Waals surface area (Å²) in [5.74, 6) is 0.888. The predicted molar refractivity (Wildman–Crippen MR) is 196 cm³/mol. The number of fused-ring (bicyclic) bond motifs is 4. The van der Waals surface area contributed by atoms with E-state index in [1.165, 1.54) is 33.3 Å². The summed E-state index contributed by atoms with van der Waals surface area (Å²) in [4.78, 5) is 9.74. The predicted octanol–water partition coefficient (Wildman–Crippen LogP) is 10.4. The minimum atomic E-state index is -0.348. The number of nitrogens with zero attached hydrogens (tertiary/aromatic N) is 4. The molecule has 1 aliphatic rings. The van der Waals surface area contributed by atoms with Gasteiger partial charge >= 0.3 is 21.1 Å². The zero-order chi connectivity index (χ0) is 32.3. The van der Waals surface area contributed by atoms with Crippen LogP contribution in [0, 0.1) is 19.1 Å². The zero-order valence-electron chi connectivity index (χ0n) is 27.9. The minimum Gasteiger partial charge on any atom is -0.349 e. The fourth-order valence-electron chi connectivity index (χ4n) is 7.11. The smallest absolute Gasteiger partial charge is 0.349 e. The summed E-state index contributed by atoms with van der Waals surface area (Å²) >= 11 is 0. The molecule has 0 bridgehead atoms. The molecule has 0 spiro atoms. The van der Waals surface area contributed by atoms with Gasteiger partial charge in [-0.3, -0.25) is 0 Å². The number of hydrogen-bond donors (Lipinski definition) is 0. The third-order valence-corrected chi connectivity index (χ3v) is 9.83. The van der Waals surface area contributed by atoms with Crippen LogP contribution in [-0.2, 0) is 26.5 Å². The molecule has 7 aromatic rings. The fraction of sp³-hybridized carbons (Fsp3) is 0.186. The molecule has 3 heterocycles. The van der Waals surface area contributed by atoms with E-state index < -0.39 is 0 Å². The Kier molecular flexibility index (Phi) is 8.25. The number of rotatable bonds is 6. The van der Waals surface area contributed by atoms with Gasteiger partial charge in [-0.1, -0.05) is 79.6 Å². The van der Waals surface area contributed by atoms with Gasteiger partial charge in [0.15, 0.2) is 0 Å². The van der Waals surface area contributed by atoms with E-state index in [4.69, 9.17) is 4.98 Å². The van der Waals surface area contributed by atoms with E-state index in [1.54, 1.807) is 0 Å². The summed E-state index contributed by atoms with van der Waals surface area (Å²) in [5, 5.41) is 2.37. The van der Waals surface area contributed by atoms with Crippen LogP contribution in [0.5, 0.6) is 0 Å². The number of aryl methyl sites for hydroxylation is 1. The normalized spacial score (nSPS) is 13.0. The Morgan fingerprint density at radius 2 is 1.46 bits per heavy atom. The molecular weight excluding hydrogens is 768 g/mol. The first-order valence-electron chi connectivity index (χ1n) is 16.5. The van der Waals surface area contributed by atoms with Crippen LogP contribution in [0.1, 0.15) is 44.4 Å². The molecule has 0 aliphatic carbocycles. The molecule has 0 radical (unpaired) electrons. The van der Waals surface area contributed by atoms with Crippen molar-refractivity contribution in [3.8, 4) is 16.9 Å². The van der Waals surface area contributed by atoms with E-state index in [2.05, 4.69) is 176 Å². The standard InChI is InChI=1S/C43H38N4.Pt/c1-29(2)45-28-46(40-20-11-10-19-39(40)45)34-15-12-14-32(26-34)43(4,5)33-21-22-37-36-17-8-9-18-38(36)47(41(37)27-33)42-25-31(23-24-44-42)35-16-7-6-13-30(35)3;/h6-25,29H,28H2,1-5H3;/q-2;+2. The molecule has 4 nitrogen and oxygen atoms in total. The molecule has 8 rings (SSSR count). The van der Waals surface area contributed by atoms with Crippen molar-refractivity contribution in [2.75, 3.05) is 16.5 Å². The maximum atomic E-state index is 4.91. The van der Waals surface area contributed by atoms with E-state index in [9.17, 15) is 0 Å². The number of benzene rings is 5. The first-order valence-corrected chi connectivity index (χ1v) is 16.5. The maximum absolute atomic E-state index is 4.91. The maximum Gasteiger partial charge on any atom is 2.00 e. The Morgan fingerprint density at radius 1 is 0.729 bits per heavy atom. The second-order valence-electron chi connectivity index (χ2n) is 13.4. The van der Waals surface area contributed by atoms with Gasteiger partial charge in [-0.2, -0.15) is 47.5 Å². The number of para-hydroxylation sites is 3. The molecule has 0 amide bonds. The molecule has 0 atom stereocenters. The average Bonchev–Trinajstić information content (AvgIpc) is 3.65. The van der Waals surface area contributed by atoms with E-state index >= 15 is 0 Å². The molecule has 5 aromatic carbocycles. The van der Waals surface area contributed by atoms with Crippen LogP contribution >= 0.6 is 0 Å². The molecule has 0 N–H and O–H groups in total. The Labute approximate surface area is 297 Å². The molecule has 1 aliphatic heterocycles. The van der Waals surface area contributed by atoms with Crippen LogP contribution < -0.4 is 9.80 Å². The van der Waals surface area contributed by atoms with Crippen molar-refractivity contribution < 1.29 is 21.1 Å².